The van der Waals surface area contributed by atoms with E-state index in [4.69, 9.17) is 0 Å². The quantitative estimate of drug-likeness (QED) is 0.530. The van der Waals surface area contributed by atoms with Gasteiger partial charge in [0.05, 0.1) is 5.69 Å². The normalized spacial score (nSPS) is 10.6. The number of carbonyl (C=O) groups excluding carboxylic acids is 1. The van der Waals surface area contributed by atoms with E-state index in [1.165, 1.54) is 10.2 Å². The van der Waals surface area contributed by atoms with Gasteiger partial charge in [-0.3, -0.25) is 4.79 Å². The van der Waals surface area contributed by atoms with Crippen molar-refractivity contribution in [3.63, 3.8) is 0 Å². The van der Waals surface area contributed by atoms with Gasteiger partial charge in [-0.15, -0.1) is 0 Å². The highest BCUT2D eigenvalue weighted by atomic mass is 16.2. The molecule has 28 heavy (non-hydrogen) atoms. The highest BCUT2D eigenvalue weighted by Gasteiger charge is 2.16. The summed E-state index contributed by atoms with van der Waals surface area (Å²) in [6.07, 6.45) is 0. The van der Waals surface area contributed by atoms with E-state index in [9.17, 15) is 4.79 Å². The third-order valence-corrected chi connectivity index (χ3v) is 4.59. The van der Waals surface area contributed by atoms with E-state index in [1.54, 1.807) is 12.1 Å². The molecule has 4 rings (SSSR count). The zero-order valence-corrected chi connectivity index (χ0v) is 15.7. The van der Waals surface area contributed by atoms with Crippen LogP contribution in [0.1, 0.15) is 21.5 Å². The van der Waals surface area contributed by atoms with Gasteiger partial charge in [0, 0.05) is 23.7 Å². The summed E-state index contributed by atoms with van der Waals surface area (Å²) in [5.41, 5.74) is 4.70. The number of nitrogens with zero attached hydrogens (tertiary/aromatic N) is 2. The lowest BCUT2D eigenvalue weighted by Gasteiger charge is -2.09. The van der Waals surface area contributed by atoms with E-state index in [0.29, 0.717) is 17.9 Å². The Morgan fingerprint density at radius 2 is 1.54 bits per heavy atom. The molecule has 4 aromatic rings. The summed E-state index contributed by atoms with van der Waals surface area (Å²) < 4.78 is 1.45. The van der Waals surface area contributed by atoms with Crippen molar-refractivity contribution >= 4 is 11.7 Å². The van der Waals surface area contributed by atoms with E-state index < -0.39 is 0 Å². The van der Waals surface area contributed by atoms with Crippen LogP contribution in [0.4, 0.5) is 5.82 Å². The average Bonchev–Trinajstić information content (AvgIpc) is 3.18. The zero-order valence-electron chi connectivity index (χ0n) is 15.7. The van der Waals surface area contributed by atoms with Gasteiger partial charge in [0.25, 0.3) is 5.91 Å². The summed E-state index contributed by atoms with van der Waals surface area (Å²) in [7, 11) is 0. The van der Waals surface area contributed by atoms with Crippen LogP contribution in [-0.4, -0.2) is 15.7 Å². The van der Waals surface area contributed by atoms with Crippen LogP contribution < -0.4 is 5.32 Å². The minimum absolute atomic E-state index is 0.158. The first-order chi connectivity index (χ1) is 13.7. The molecule has 0 radical (unpaired) electrons. The Morgan fingerprint density at radius 1 is 0.893 bits per heavy atom. The smallest absolute Gasteiger partial charge is 0.280 e. The summed E-state index contributed by atoms with van der Waals surface area (Å²) in [5.74, 6) is 0.516. The van der Waals surface area contributed by atoms with Crippen LogP contribution in [-0.2, 0) is 6.54 Å². The van der Waals surface area contributed by atoms with Crippen molar-refractivity contribution in [2.24, 2.45) is 0 Å². The van der Waals surface area contributed by atoms with Gasteiger partial charge in [0.15, 0.2) is 0 Å². The standard InChI is InChI=1S/C24H21N3O/c1-18-12-14-19(15-13-18)17-25-23-16-22(20-8-4-2-5-9-20)26-27(23)24(28)21-10-6-3-7-11-21/h2-16,25H,17H2,1H3. The highest BCUT2D eigenvalue weighted by molar-refractivity contribution is 5.97. The first kappa shape index (κ1) is 17.7. The molecule has 0 unspecified atom stereocenters. The Labute approximate surface area is 164 Å². The molecule has 4 nitrogen and oxygen atoms in total. The monoisotopic (exact) mass is 367 g/mol. The predicted molar refractivity (Wildman–Crippen MR) is 112 cm³/mol. The molecule has 0 aliphatic carbocycles. The van der Waals surface area contributed by atoms with Crippen LogP contribution in [0.3, 0.4) is 0 Å². The molecule has 4 heteroatoms. The number of anilines is 1. The minimum Gasteiger partial charge on any atom is -0.366 e. The Morgan fingerprint density at radius 3 is 2.21 bits per heavy atom. The van der Waals surface area contributed by atoms with Gasteiger partial charge in [0.2, 0.25) is 0 Å². The topological polar surface area (TPSA) is 46.9 Å². The predicted octanol–water partition coefficient (Wildman–Crippen LogP) is 5.16. The molecule has 0 fully saturated rings. The molecule has 1 heterocycles. The highest BCUT2D eigenvalue weighted by Crippen LogP contribution is 2.23. The molecular weight excluding hydrogens is 346 g/mol. The maximum Gasteiger partial charge on any atom is 0.280 e. The van der Waals surface area contributed by atoms with Gasteiger partial charge in [-0.05, 0) is 24.6 Å². The molecule has 0 spiro atoms. The average molecular weight is 367 g/mol. The first-order valence-electron chi connectivity index (χ1n) is 9.25. The molecule has 1 aromatic heterocycles. The largest absolute Gasteiger partial charge is 0.366 e. The molecule has 1 N–H and O–H groups in total. The van der Waals surface area contributed by atoms with Crippen molar-refractivity contribution in [3.05, 3.63) is 108 Å². The second kappa shape index (κ2) is 7.92. The fourth-order valence-electron chi connectivity index (χ4n) is 3.01. The van der Waals surface area contributed by atoms with Gasteiger partial charge in [0.1, 0.15) is 5.82 Å². The number of hydrogen-bond acceptors (Lipinski definition) is 3. The minimum atomic E-state index is -0.158. The van der Waals surface area contributed by atoms with Crippen LogP contribution in [0.2, 0.25) is 0 Å². The van der Waals surface area contributed by atoms with E-state index in [1.807, 2.05) is 54.6 Å². The lowest BCUT2D eigenvalue weighted by atomic mass is 10.1. The number of benzene rings is 3. The van der Waals surface area contributed by atoms with Gasteiger partial charge < -0.3 is 5.32 Å². The molecule has 0 bridgehead atoms. The fourth-order valence-corrected chi connectivity index (χ4v) is 3.01. The molecule has 0 saturated heterocycles. The summed E-state index contributed by atoms with van der Waals surface area (Å²) in [5, 5.41) is 7.96. The van der Waals surface area contributed by atoms with E-state index in [2.05, 4.69) is 41.6 Å². The van der Waals surface area contributed by atoms with Gasteiger partial charge in [-0.2, -0.15) is 9.78 Å². The first-order valence-corrected chi connectivity index (χ1v) is 9.25. The summed E-state index contributed by atoms with van der Waals surface area (Å²) in [6, 6.07) is 29.3. The van der Waals surface area contributed by atoms with Gasteiger partial charge >= 0.3 is 0 Å². The number of nitrogens with one attached hydrogen (secondary N) is 1. The molecular formula is C24H21N3O. The van der Waals surface area contributed by atoms with Crippen LogP contribution in [0, 0.1) is 6.92 Å². The molecule has 3 aromatic carbocycles. The number of aryl methyl sites for hydroxylation is 1. The van der Waals surface area contributed by atoms with Gasteiger partial charge in [-0.25, -0.2) is 0 Å². The third kappa shape index (κ3) is 3.86. The van der Waals surface area contributed by atoms with Crippen LogP contribution in [0.15, 0.2) is 91.0 Å². The lowest BCUT2D eigenvalue weighted by molar-refractivity contribution is 0.0948. The lowest BCUT2D eigenvalue weighted by Crippen LogP contribution is -2.17. The second-order valence-corrected chi connectivity index (χ2v) is 6.70. The van der Waals surface area contributed by atoms with Crippen molar-refractivity contribution in [1.29, 1.82) is 0 Å². The molecule has 0 saturated carbocycles. The SMILES string of the molecule is Cc1ccc(CNc2cc(-c3ccccc3)nn2C(=O)c2ccccc2)cc1. The molecule has 138 valence electrons. The fraction of sp³-hybridized carbons (Fsp3) is 0.0833. The molecule has 0 amide bonds. The Kier molecular flexibility index (Phi) is 5.02. The summed E-state index contributed by atoms with van der Waals surface area (Å²) >= 11 is 0. The molecule has 0 atom stereocenters. The number of hydrogen-bond donors (Lipinski definition) is 1. The number of carbonyl (C=O) groups is 1. The van der Waals surface area contributed by atoms with Crippen LogP contribution in [0.25, 0.3) is 11.3 Å². The van der Waals surface area contributed by atoms with Gasteiger partial charge in [-0.1, -0.05) is 78.4 Å². The van der Waals surface area contributed by atoms with Crippen molar-refractivity contribution in [2.75, 3.05) is 5.32 Å². The Bertz CT molecular complexity index is 1070. The number of rotatable bonds is 5. The summed E-state index contributed by atoms with van der Waals surface area (Å²) in [4.78, 5) is 13.0. The Hall–Kier alpha value is -3.66. The van der Waals surface area contributed by atoms with Crippen LogP contribution in [0.5, 0.6) is 0 Å². The van der Waals surface area contributed by atoms with Crippen molar-refractivity contribution in [3.8, 4) is 11.3 Å². The van der Waals surface area contributed by atoms with Crippen molar-refractivity contribution < 1.29 is 4.79 Å². The van der Waals surface area contributed by atoms with E-state index in [0.717, 1.165) is 16.8 Å². The van der Waals surface area contributed by atoms with Crippen LogP contribution >= 0.6 is 0 Å². The summed E-state index contributed by atoms with van der Waals surface area (Å²) in [6.45, 7) is 2.68. The molecule has 0 aliphatic heterocycles. The van der Waals surface area contributed by atoms with Crippen molar-refractivity contribution in [2.45, 2.75) is 13.5 Å². The van der Waals surface area contributed by atoms with Crippen molar-refractivity contribution in [1.82, 2.24) is 9.78 Å². The number of aromatic nitrogens is 2. The van der Waals surface area contributed by atoms with E-state index in [-0.39, 0.29) is 5.91 Å². The Balaban J connectivity index is 1.67. The zero-order chi connectivity index (χ0) is 19.3. The molecule has 0 aliphatic rings. The maximum absolute atomic E-state index is 13.0. The second-order valence-electron chi connectivity index (χ2n) is 6.70. The van der Waals surface area contributed by atoms with E-state index >= 15 is 0 Å². The third-order valence-electron chi connectivity index (χ3n) is 4.59. The maximum atomic E-state index is 13.0.